The highest BCUT2D eigenvalue weighted by molar-refractivity contribution is 5.91. The molecule has 0 saturated carbocycles. The SMILES string of the molecule is Cn1ccnc1-c1cccc(NC(=O)Cn2cnnn2)c1. The summed E-state index contributed by atoms with van der Waals surface area (Å²) in [6, 6.07) is 7.51. The summed E-state index contributed by atoms with van der Waals surface area (Å²) >= 11 is 0. The van der Waals surface area contributed by atoms with E-state index in [1.54, 1.807) is 6.20 Å². The van der Waals surface area contributed by atoms with Gasteiger partial charge in [-0.2, -0.15) is 0 Å². The molecule has 0 atom stereocenters. The molecule has 1 aromatic carbocycles. The predicted octanol–water partition coefficient (Wildman–Crippen LogP) is 0.712. The Kier molecular flexibility index (Phi) is 3.42. The average Bonchev–Trinajstić information content (AvgIpc) is 3.10. The van der Waals surface area contributed by atoms with E-state index in [0.717, 1.165) is 11.4 Å². The highest BCUT2D eigenvalue weighted by Gasteiger charge is 2.07. The van der Waals surface area contributed by atoms with Crippen molar-refractivity contribution in [2.24, 2.45) is 7.05 Å². The summed E-state index contributed by atoms with van der Waals surface area (Å²) in [7, 11) is 1.92. The summed E-state index contributed by atoms with van der Waals surface area (Å²) in [5.41, 5.74) is 1.64. The molecule has 106 valence electrons. The van der Waals surface area contributed by atoms with Crippen molar-refractivity contribution in [1.29, 1.82) is 0 Å². The van der Waals surface area contributed by atoms with E-state index in [1.807, 2.05) is 42.1 Å². The summed E-state index contributed by atoms with van der Waals surface area (Å²) in [5.74, 6) is 0.644. The first-order valence-corrected chi connectivity index (χ1v) is 6.31. The third kappa shape index (κ3) is 2.94. The summed E-state index contributed by atoms with van der Waals surface area (Å²) in [6.07, 6.45) is 5.00. The lowest BCUT2D eigenvalue weighted by atomic mass is 10.2. The summed E-state index contributed by atoms with van der Waals surface area (Å²) in [5, 5.41) is 13.4. The fourth-order valence-corrected chi connectivity index (χ4v) is 1.98. The molecule has 2 aromatic heterocycles. The molecular formula is C13H13N7O. The molecule has 0 unspecified atom stereocenters. The minimum atomic E-state index is -0.195. The second kappa shape index (κ2) is 5.53. The molecule has 0 aliphatic heterocycles. The van der Waals surface area contributed by atoms with Gasteiger partial charge in [-0.25, -0.2) is 9.67 Å². The number of amides is 1. The number of aryl methyl sites for hydroxylation is 1. The Balaban J connectivity index is 1.74. The number of carbonyl (C=O) groups excluding carboxylic acids is 1. The van der Waals surface area contributed by atoms with Gasteiger partial charge in [0.1, 0.15) is 18.7 Å². The third-order valence-corrected chi connectivity index (χ3v) is 2.92. The van der Waals surface area contributed by atoms with Crippen LogP contribution in [-0.4, -0.2) is 35.7 Å². The van der Waals surface area contributed by atoms with Crippen LogP contribution in [0.2, 0.25) is 0 Å². The molecule has 0 bridgehead atoms. The van der Waals surface area contributed by atoms with Crippen molar-refractivity contribution < 1.29 is 4.79 Å². The highest BCUT2D eigenvalue weighted by Crippen LogP contribution is 2.20. The van der Waals surface area contributed by atoms with Gasteiger partial charge >= 0.3 is 0 Å². The Morgan fingerprint density at radius 2 is 2.29 bits per heavy atom. The molecule has 2 heterocycles. The smallest absolute Gasteiger partial charge is 0.246 e. The first-order valence-electron chi connectivity index (χ1n) is 6.31. The van der Waals surface area contributed by atoms with Gasteiger partial charge in [-0.3, -0.25) is 4.79 Å². The van der Waals surface area contributed by atoms with Crippen molar-refractivity contribution in [3.8, 4) is 11.4 Å². The van der Waals surface area contributed by atoms with Crippen LogP contribution in [0.4, 0.5) is 5.69 Å². The summed E-state index contributed by atoms with van der Waals surface area (Å²) in [4.78, 5) is 16.2. The van der Waals surface area contributed by atoms with Gasteiger partial charge in [-0.05, 0) is 22.6 Å². The normalized spacial score (nSPS) is 10.5. The predicted molar refractivity (Wildman–Crippen MR) is 75.1 cm³/mol. The monoisotopic (exact) mass is 283 g/mol. The lowest BCUT2D eigenvalue weighted by molar-refractivity contribution is -0.116. The van der Waals surface area contributed by atoms with Gasteiger partial charge in [-0.1, -0.05) is 12.1 Å². The van der Waals surface area contributed by atoms with E-state index in [1.165, 1.54) is 11.0 Å². The maximum absolute atomic E-state index is 11.9. The van der Waals surface area contributed by atoms with Gasteiger partial charge in [0.15, 0.2) is 0 Å². The van der Waals surface area contributed by atoms with E-state index < -0.39 is 0 Å². The van der Waals surface area contributed by atoms with Crippen LogP contribution >= 0.6 is 0 Å². The van der Waals surface area contributed by atoms with E-state index in [-0.39, 0.29) is 12.5 Å². The van der Waals surface area contributed by atoms with Gasteiger partial charge in [0.2, 0.25) is 5.91 Å². The molecule has 21 heavy (non-hydrogen) atoms. The topological polar surface area (TPSA) is 90.5 Å². The standard InChI is InChI=1S/C13H13N7O/c1-19-6-5-14-13(19)10-3-2-4-11(7-10)16-12(21)8-20-9-15-17-18-20/h2-7,9H,8H2,1H3,(H,16,21). The van der Waals surface area contributed by atoms with E-state index in [4.69, 9.17) is 0 Å². The van der Waals surface area contributed by atoms with E-state index in [9.17, 15) is 4.79 Å². The van der Waals surface area contributed by atoms with Crippen LogP contribution in [0.25, 0.3) is 11.4 Å². The van der Waals surface area contributed by atoms with Crippen molar-refractivity contribution in [3.05, 3.63) is 43.0 Å². The van der Waals surface area contributed by atoms with Crippen LogP contribution in [0.5, 0.6) is 0 Å². The van der Waals surface area contributed by atoms with Gasteiger partial charge in [0, 0.05) is 30.7 Å². The van der Waals surface area contributed by atoms with Crippen LogP contribution < -0.4 is 5.32 Å². The molecule has 0 aliphatic carbocycles. The van der Waals surface area contributed by atoms with Gasteiger partial charge in [0.05, 0.1) is 0 Å². The number of nitrogens with one attached hydrogen (secondary N) is 1. The fourth-order valence-electron chi connectivity index (χ4n) is 1.98. The Hall–Kier alpha value is -3.03. The molecule has 0 saturated heterocycles. The number of aromatic nitrogens is 6. The molecule has 1 amide bonds. The van der Waals surface area contributed by atoms with Crippen molar-refractivity contribution in [2.45, 2.75) is 6.54 Å². The van der Waals surface area contributed by atoms with Crippen molar-refractivity contribution in [2.75, 3.05) is 5.32 Å². The molecule has 8 nitrogen and oxygen atoms in total. The van der Waals surface area contributed by atoms with Gasteiger partial charge in [-0.15, -0.1) is 5.10 Å². The maximum atomic E-state index is 11.9. The van der Waals surface area contributed by atoms with Crippen LogP contribution in [0.15, 0.2) is 43.0 Å². The number of carbonyl (C=O) groups is 1. The number of tetrazole rings is 1. The molecule has 0 spiro atoms. The fraction of sp³-hybridized carbons (Fsp3) is 0.154. The van der Waals surface area contributed by atoms with Crippen LogP contribution in [0.1, 0.15) is 0 Å². The molecule has 0 radical (unpaired) electrons. The number of hydrogen-bond acceptors (Lipinski definition) is 5. The zero-order valence-electron chi connectivity index (χ0n) is 11.3. The van der Waals surface area contributed by atoms with Crippen LogP contribution in [0, 0.1) is 0 Å². The zero-order chi connectivity index (χ0) is 14.7. The molecule has 0 aliphatic rings. The Labute approximate surface area is 120 Å². The average molecular weight is 283 g/mol. The van der Waals surface area contributed by atoms with Crippen molar-refractivity contribution >= 4 is 11.6 Å². The molecule has 8 heteroatoms. The van der Waals surface area contributed by atoms with Crippen LogP contribution in [-0.2, 0) is 18.4 Å². The minimum Gasteiger partial charge on any atom is -0.334 e. The number of nitrogens with zero attached hydrogens (tertiary/aromatic N) is 6. The first-order chi connectivity index (χ1) is 10.2. The zero-order valence-corrected chi connectivity index (χ0v) is 11.3. The Morgan fingerprint density at radius 3 is 3.00 bits per heavy atom. The number of hydrogen-bond donors (Lipinski definition) is 1. The van der Waals surface area contributed by atoms with E-state index >= 15 is 0 Å². The molecule has 1 N–H and O–H groups in total. The Morgan fingerprint density at radius 1 is 1.38 bits per heavy atom. The highest BCUT2D eigenvalue weighted by atomic mass is 16.2. The first kappa shape index (κ1) is 13.0. The lowest BCUT2D eigenvalue weighted by Crippen LogP contribution is -2.19. The third-order valence-electron chi connectivity index (χ3n) is 2.92. The van der Waals surface area contributed by atoms with Gasteiger partial charge in [0.25, 0.3) is 0 Å². The van der Waals surface area contributed by atoms with Crippen molar-refractivity contribution in [3.63, 3.8) is 0 Å². The van der Waals surface area contributed by atoms with E-state index in [2.05, 4.69) is 25.8 Å². The molecule has 3 aromatic rings. The molecule has 0 fully saturated rings. The lowest BCUT2D eigenvalue weighted by Gasteiger charge is -2.07. The number of rotatable bonds is 4. The second-order valence-electron chi connectivity index (χ2n) is 4.50. The summed E-state index contributed by atoms with van der Waals surface area (Å²) < 4.78 is 3.28. The van der Waals surface area contributed by atoms with Crippen molar-refractivity contribution in [1.82, 2.24) is 29.8 Å². The number of imidazole rings is 1. The molecule has 3 rings (SSSR count). The second-order valence-corrected chi connectivity index (χ2v) is 4.50. The largest absolute Gasteiger partial charge is 0.334 e. The van der Waals surface area contributed by atoms with Crippen LogP contribution in [0.3, 0.4) is 0 Å². The number of anilines is 1. The number of benzene rings is 1. The van der Waals surface area contributed by atoms with Gasteiger partial charge < -0.3 is 9.88 Å². The maximum Gasteiger partial charge on any atom is 0.246 e. The summed E-state index contributed by atoms with van der Waals surface area (Å²) in [6.45, 7) is 0.0691. The quantitative estimate of drug-likeness (QED) is 0.761. The van der Waals surface area contributed by atoms with E-state index in [0.29, 0.717) is 5.69 Å². The Bertz CT molecular complexity index is 747. The molecular weight excluding hydrogens is 270 g/mol. The minimum absolute atomic E-state index is 0.0691.